The Morgan fingerprint density at radius 2 is 1.83 bits per heavy atom. The predicted molar refractivity (Wildman–Crippen MR) is 64.6 cm³/mol. The maximum absolute atomic E-state index is 11.9. The van der Waals surface area contributed by atoms with Crippen LogP contribution in [0.25, 0.3) is 0 Å². The molecule has 0 saturated carbocycles. The zero-order valence-electron chi connectivity index (χ0n) is 9.79. The molecule has 0 aliphatic heterocycles. The van der Waals surface area contributed by atoms with E-state index in [4.69, 9.17) is 9.52 Å². The van der Waals surface area contributed by atoms with E-state index in [1.54, 1.807) is 43.3 Å². The van der Waals surface area contributed by atoms with Crippen molar-refractivity contribution in [3.05, 3.63) is 59.5 Å². The zero-order valence-corrected chi connectivity index (χ0v) is 9.79. The van der Waals surface area contributed by atoms with Crippen LogP contribution in [0.4, 0.5) is 0 Å². The topological polar surface area (TPSA) is 67.5 Å². The molecular formula is C14H12O4. The van der Waals surface area contributed by atoms with Crippen LogP contribution in [-0.4, -0.2) is 16.9 Å². The minimum atomic E-state index is -0.889. The van der Waals surface area contributed by atoms with Crippen molar-refractivity contribution < 1.29 is 19.1 Å². The lowest BCUT2D eigenvalue weighted by Crippen LogP contribution is -2.08. The summed E-state index contributed by atoms with van der Waals surface area (Å²) in [7, 11) is 0. The highest BCUT2D eigenvalue weighted by Crippen LogP contribution is 2.17. The second-order valence-electron chi connectivity index (χ2n) is 3.99. The van der Waals surface area contributed by atoms with E-state index in [2.05, 4.69) is 0 Å². The normalized spacial score (nSPS) is 12.1. The first kappa shape index (κ1) is 12.1. The van der Waals surface area contributed by atoms with Gasteiger partial charge in [-0.3, -0.25) is 9.59 Å². The van der Waals surface area contributed by atoms with Crippen molar-refractivity contribution in [3.63, 3.8) is 0 Å². The summed E-state index contributed by atoms with van der Waals surface area (Å²) in [6.07, 6.45) is 1.44. The molecule has 0 aliphatic carbocycles. The molecule has 1 heterocycles. The zero-order chi connectivity index (χ0) is 13.1. The molecule has 2 rings (SSSR count). The molecule has 0 amide bonds. The smallest absolute Gasteiger partial charge is 0.310 e. The van der Waals surface area contributed by atoms with Crippen molar-refractivity contribution in [1.29, 1.82) is 0 Å². The average Bonchev–Trinajstić information content (AvgIpc) is 2.91. The summed E-state index contributed by atoms with van der Waals surface area (Å²) in [5.74, 6) is -1.42. The molecule has 92 valence electrons. The quantitative estimate of drug-likeness (QED) is 0.839. The van der Waals surface area contributed by atoms with Crippen LogP contribution in [0.2, 0.25) is 0 Å². The van der Waals surface area contributed by atoms with Gasteiger partial charge in [-0.1, -0.05) is 24.3 Å². The van der Waals surface area contributed by atoms with Gasteiger partial charge in [0, 0.05) is 5.56 Å². The maximum atomic E-state index is 11.9. The lowest BCUT2D eigenvalue weighted by molar-refractivity contribution is -0.138. The highest BCUT2D eigenvalue weighted by atomic mass is 16.4. The third kappa shape index (κ3) is 2.32. The van der Waals surface area contributed by atoms with E-state index in [1.807, 2.05) is 0 Å². The minimum absolute atomic E-state index is 0.213. The van der Waals surface area contributed by atoms with Gasteiger partial charge in [0.2, 0.25) is 5.78 Å². The van der Waals surface area contributed by atoms with Crippen LogP contribution in [-0.2, 0) is 4.79 Å². The fraction of sp³-hybridized carbons (Fsp3) is 0.143. The third-order valence-electron chi connectivity index (χ3n) is 2.79. The standard InChI is InChI=1S/C14H12O4/c1-9(14(16)17)10-4-6-11(7-5-10)13(15)12-3-2-8-18-12/h2-9H,1H3,(H,16,17). The van der Waals surface area contributed by atoms with Crippen LogP contribution in [0.3, 0.4) is 0 Å². The number of hydrogen-bond donors (Lipinski definition) is 1. The Bertz CT molecular complexity index is 552. The second-order valence-corrected chi connectivity index (χ2v) is 3.99. The van der Waals surface area contributed by atoms with E-state index in [9.17, 15) is 9.59 Å². The fourth-order valence-corrected chi connectivity index (χ4v) is 1.62. The largest absolute Gasteiger partial charge is 0.481 e. The number of furan rings is 1. The van der Waals surface area contributed by atoms with Crippen molar-refractivity contribution in [1.82, 2.24) is 0 Å². The summed E-state index contributed by atoms with van der Waals surface area (Å²) < 4.78 is 5.02. The fourth-order valence-electron chi connectivity index (χ4n) is 1.62. The van der Waals surface area contributed by atoms with E-state index in [0.717, 1.165) is 0 Å². The molecule has 1 atom stereocenters. The molecular weight excluding hydrogens is 232 g/mol. The Morgan fingerprint density at radius 3 is 2.33 bits per heavy atom. The lowest BCUT2D eigenvalue weighted by atomic mass is 9.98. The molecule has 18 heavy (non-hydrogen) atoms. The Morgan fingerprint density at radius 1 is 1.17 bits per heavy atom. The van der Waals surface area contributed by atoms with Crippen LogP contribution in [0.15, 0.2) is 47.1 Å². The van der Waals surface area contributed by atoms with Crippen molar-refractivity contribution in [2.45, 2.75) is 12.8 Å². The monoisotopic (exact) mass is 244 g/mol. The van der Waals surface area contributed by atoms with Gasteiger partial charge in [0.1, 0.15) is 0 Å². The molecule has 1 unspecified atom stereocenters. The van der Waals surface area contributed by atoms with Crippen LogP contribution in [0.5, 0.6) is 0 Å². The van der Waals surface area contributed by atoms with Crippen LogP contribution < -0.4 is 0 Å². The van der Waals surface area contributed by atoms with Crippen molar-refractivity contribution >= 4 is 11.8 Å². The molecule has 0 spiro atoms. The van der Waals surface area contributed by atoms with E-state index in [1.165, 1.54) is 6.26 Å². The number of carbonyl (C=O) groups excluding carboxylic acids is 1. The van der Waals surface area contributed by atoms with Crippen molar-refractivity contribution in [2.75, 3.05) is 0 Å². The number of rotatable bonds is 4. The number of ketones is 1. The summed E-state index contributed by atoms with van der Waals surface area (Å²) >= 11 is 0. The predicted octanol–water partition coefficient (Wildman–Crippen LogP) is 2.70. The molecule has 0 saturated heterocycles. The van der Waals surface area contributed by atoms with Gasteiger partial charge in [-0.25, -0.2) is 0 Å². The molecule has 0 radical (unpaired) electrons. The van der Waals surface area contributed by atoms with Crippen LogP contribution in [0.1, 0.15) is 34.5 Å². The molecule has 0 bridgehead atoms. The molecule has 4 nitrogen and oxygen atoms in total. The molecule has 0 fully saturated rings. The van der Waals surface area contributed by atoms with Gasteiger partial charge in [0.15, 0.2) is 5.76 Å². The van der Waals surface area contributed by atoms with Crippen LogP contribution in [0, 0.1) is 0 Å². The molecule has 4 heteroatoms. The first-order valence-electron chi connectivity index (χ1n) is 5.50. The van der Waals surface area contributed by atoms with E-state index >= 15 is 0 Å². The van der Waals surface area contributed by atoms with Gasteiger partial charge in [-0.15, -0.1) is 0 Å². The number of carboxylic acid groups (broad SMARTS) is 1. The molecule has 1 aromatic carbocycles. The highest BCUT2D eigenvalue weighted by Gasteiger charge is 2.15. The summed E-state index contributed by atoms with van der Waals surface area (Å²) in [6.45, 7) is 1.60. The van der Waals surface area contributed by atoms with Gasteiger partial charge in [-0.05, 0) is 24.6 Å². The second kappa shape index (κ2) is 4.87. The summed E-state index contributed by atoms with van der Waals surface area (Å²) in [5.41, 5.74) is 1.14. The van der Waals surface area contributed by atoms with Crippen molar-refractivity contribution in [3.8, 4) is 0 Å². The summed E-state index contributed by atoms with van der Waals surface area (Å²) in [6, 6.07) is 9.76. The number of hydrogen-bond acceptors (Lipinski definition) is 3. The van der Waals surface area contributed by atoms with E-state index in [-0.39, 0.29) is 11.5 Å². The van der Waals surface area contributed by atoms with Crippen molar-refractivity contribution in [2.24, 2.45) is 0 Å². The Balaban J connectivity index is 2.23. The summed E-state index contributed by atoms with van der Waals surface area (Å²) in [4.78, 5) is 22.7. The summed E-state index contributed by atoms with van der Waals surface area (Å²) in [5, 5.41) is 8.88. The van der Waals surface area contributed by atoms with Gasteiger partial charge < -0.3 is 9.52 Å². The van der Waals surface area contributed by atoms with Gasteiger partial charge in [0.05, 0.1) is 12.2 Å². The first-order chi connectivity index (χ1) is 8.59. The number of benzene rings is 1. The average molecular weight is 244 g/mol. The minimum Gasteiger partial charge on any atom is -0.481 e. The van der Waals surface area contributed by atoms with Gasteiger partial charge in [-0.2, -0.15) is 0 Å². The molecule has 1 aromatic heterocycles. The highest BCUT2D eigenvalue weighted by molar-refractivity contribution is 6.07. The van der Waals surface area contributed by atoms with Gasteiger partial charge >= 0.3 is 5.97 Å². The Hall–Kier alpha value is -2.36. The first-order valence-corrected chi connectivity index (χ1v) is 5.50. The van der Waals surface area contributed by atoms with E-state index < -0.39 is 11.9 Å². The third-order valence-corrected chi connectivity index (χ3v) is 2.79. The van der Waals surface area contributed by atoms with Crippen LogP contribution >= 0.6 is 0 Å². The molecule has 0 aliphatic rings. The Labute approximate surface area is 104 Å². The Kier molecular flexibility index (Phi) is 3.28. The number of carboxylic acids is 1. The van der Waals surface area contributed by atoms with Gasteiger partial charge in [0.25, 0.3) is 0 Å². The number of carbonyl (C=O) groups is 2. The maximum Gasteiger partial charge on any atom is 0.310 e. The molecule has 1 N–H and O–H groups in total. The SMILES string of the molecule is CC(C(=O)O)c1ccc(C(=O)c2ccco2)cc1. The molecule has 2 aromatic rings. The van der Waals surface area contributed by atoms with E-state index in [0.29, 0.717) is 11.1 Å². The number of aliphatic carboxylic acids is 1. The lowest BCUT2D eigenvalue weighted by Gasteiger charge is -2.06.